The molecular weight excluding hydrogens is 350 g/mol. The standard InChI is InChI=1S/C19H21N3O5/c1-2-3-9-21-17(25)18(26)22(19(21)27)12-15(23)13-6-4-7-14(11-13)20-10-5-8-16(20)24/h4,6-7,11H,2-3,5,8-10,12H2,1H3. The third kappa shape index (κ3) is 3.60. The van der Waals surface area contributed by atoms with Crippen LogP contribution < -0.4 is 4.90 Å². The van der Waals surface area contributed by atoms with Gasteiger partial charge in [0.05, 0.1) is 6.54 Å². The Balaban J connectivity index is 1.73. The number of carbonyl (C=O) groups is 5. The van der Waals surface area contributed by atoms with Gasteiger partial charge in [-0.1, -0.05) is 25.5 Å². The lowest BCUT2D eigenvalue weighted by atomic mass is 10.1. The van der Waals surface area contributed by atoms with E-state index in [-0.39, 0.29) is 18.0 Å². The van der Waals surface area contributed by atoms with Crippen molar-refractivity contribution in [2.24, 2.45) is 0 Å². The molecule has 0 spiro atoms. The van der Waals surface area contributed by atoms with Gasteiger partial charge in [0.2, 0.25) is 5.91 Å². The summed E-state index contributed by atoms with van der Waals surface area (Å²) >= 11 is 0. The van der Waals surface area contributed by atoms with Gasteiger partial charge in [-0.05, 0) is 25.0 Å². The van der Waals surface area contributed by atoms with Crippen molar-refractivity contribution in [1.29, 1.82) is 0 Å². The third-order valence-electron chi connectivity index (χ3n) is 4.73. The fraction of sp³-hybridized carbons (Fsp3) is 0.421. The first-order valence-electron chi connectivity index (χ1n) is 9.05. The number of hydrogen-bond donors (Lipinski definition) is 0. The molecule has 2 aliphatic rings. The first kappa shape index (κ1) is 18.8. The first-order chi connectivity index (χ1) is 12.9. The molecule has 0 radical (unpaired) electrons. The maximum Gasteiger partial charge on any atom is 0.334 e. The number of nitrogens with zero attached hydrogens (tertiary/aromatic N) is 3. The van der Waals surface area contributed by atoms with Crippen molar-refractivity contribution < 1.29 is 24.0 Å². The van der Waals surface area contributed by atoms with Crippen LogP contribution in [0.15, 0.2) is 24.3 Å². The molecule has 2 aliphatic heterocycles. The third-order valence-corrected chi connectivity index (χ3v) is 4.73. The van der Waals surface area contributed by atoms with Gasteiger partial charge in [0.15, 0.2) is 5.78 Å². The Morgan fingerprint density at radius 1 is 1.07 bits per heavy atom. The maximum atomic E-state index is 12.6. The maximum absolute atomic E-state index is 12.6. The van der Waals surface area contributed by atoms with E-state index in [2.05, 4.69) is 0 Å². The Labute approximate surface area is 156 Å². The molecule has 3 rings (SSSR count). The topological polar surface area (TPSA) is 95.1 Å². The smallest absolute Gasteiger partial charge is 0.312 e. The molecule has 1 aromatic rings. The van der Waals surface area contributed by atoms with Crippen LogP contribution in [-0.4, -0.2) is 59.0 Å². The number of rotatable bonds is 7. The molecule has 1 aromatic carbocycles. The van der Waals surface area contributed by atoms with Gasteiger partial charge in [-0.15, -0.1) is 0 Å². The number of benzene rings is 1. The average Bonchev–Trinajstić information content (AvgIpc) is 3.18. The number of hydrogen-bond acceptors (Lipinski definition) is 5. The molecule has 27 heavy (non-hydrogen) atoms. The quantitative estimate of drug-likeness (QED) is 0.412. The van der Waals surface area contributed by atoms with E-state index < -0.39 is 30.2 Å². The summed E-state index contributed by atoms with van der Waals surface area (Å²) in [6.07, 6.45) is 2.61. The van der Waals surface area contributed by atoms with Crippen LogP contribution in [-0.2, 0) is 14.4 Å². The van der Waals surface area contributed by atoms with Crippen LogP contribution in [0.1, 0.15) is 43.0 Å². The molecule has 0 bridgehead atoms. The van der Waals surface area contributed by atoms with Gasteiger partial charge in [-0.25, -0.2) is 9.69 Å². The van der Waals surface area contributed by atoms with Gasteiger partial charge in [0, 0.05) is 30.8 Å². The second-order valence-electron chi connectivity index (χ2n) is 6.61. The monoisotopic (exact) mass is 371 g/mol. The Morgan fingerprint density at radius 2 is 1.81 bits per heavy atom. The first-order valence-corrected chi connectivity index (χ1v) is 9.05. The fourth-order valence-corrected chi connectivity index (χ4v) is 3.21. The highest BCUT2D eigenvalue weighted by Crippen LogP contribution is 2.23. The molecule has 0 saturated carbocycles. The Morgan fingerprint density at radius 3 is 2.48 bits per heavy atom. The Bertz CT molecular complexity index is 819. The molecule has 142 valence electrons. The zero-order valence-corrected chi connectivity index (χ0v) is 15.1. The summed E-state index contributed by atoms with van der Waals surface area (Å²) in [5.74, 6) is -2.33. The highest BCUT2D eigenvalue weighted by atomic mass is 16.2. The number of unbranched alkanes of at least 4 members (excludes halogenated alkanes) is 1. The van der Waals surface area contributed by atoms with Crippen LogP contribution in [0.2, 0.25) is 0 Å². The van der Waals surface area contributed by atoms with Crippen molar-refractivity contribution in [1.82, 2.24) is 9.80 Å². The molecule has 0 unspecified atom stereocenters. The van der Waals surface area contributed by atoms with E-state index in [1.165, 1.54) is 0 Å². The van der Waals surface area contributed by atoms with E-state index in [1.54, 1.807) is 29.2 Å². The molecule has 2 heterocycles. The second-order valence-corrected chi connectivity index (χ2v) is 6.61. The lowest BCUT2D eigenvalue weighted by Gasteiger charge is -2.17. The van der Waals surface area contributed by atoms with E-state index in [0.29, 0.717) is 30.0 Å². The fourth-order valence-electron chi connectivity index (χ4n) is 3.21. The number of anilines is 1. The number of Topliss-reactive ketones (excluding diaryl/α,β-unsaturated/α-hetero) is 1. The molecule has 0 aliphatic carbocycles. The summed E-state index contributed by atoms with van der Waals surface area (Å²) in [4.78, 5) is 64.0. The van der Waals surface area contributed by atoms with E-state index in [0.717, 1.165) is 17.7 Å². The van der Waals surface area contributed by atoms with Crippen molar-refractivity contribution in [3.05, 3.63) is 29.8 Å². The van der Waals surface area contributed by atoms with Crippen molar-refractivity contribution in [2.75, 3.05) is 24.5 Å². The number of carbonyl (C=O) groups excluding carboxylic acids is 5. The SMILES string of the molecule is CCCCN1C(=O)C(=O)N(CC(=O)c2cccc(N3CCCC3=O)c2)C1=O. The van der Waals surface area contributed by atoms with Gasteiger partial charge in [-0.2, -0.15) is 0 Å². The summed E-state index contributed by atoms with van der Waals surface area (Å²) in [7, 11) is 0. The van der Waals surface area contributed by atoms with Gasteiger partial charge in [0.1, 0.15) is 0 Å². The largest absolute Gasteiger partial charge is 0.334 e. The van der Waals surface area contributed by atoms with Crippen molar-refractivity contribution in [3.63, 3.8) is 0 Å². The van der Waals surface area contributed by atoms with E-state index in [1.807, 2.05) is 6.92 Å². The molecule has 0 atom stereocenters. The van der Waals surface area contributed by atoms with Crippen LogP contribution in [0.25, 0.3) is 0 Å². The second kappa shape index (κ2) is 7.69. The molecule has 5 amide bonds. The van der Waals surface area contributed by atoms with Crippen LogP contribution in [0, 0.1) is 0 Å². The van der Waals surface area contributed by atoms with Crippen LogP contribution >= 0.6 is 0 Å². The van der Waals surface area contributed by atoms with Crippen LogP contribution in [0.4, 0.5) is 10.5 Å². The number of imide groups is 2. The van der Waals surface area contributed by atoms with Crippen LogP contribution in [0.5, 0.6) is 0 Å². The summed E-state index contributed by atoms with van der Waals surface area (Å²) in [6, 6.07) is 5.78. The molecule has 8 nitrogen and oxygen atoms in total. The van der Waals surface area contributed by atoms with Crippen molar-refractivity contribution in [3.8, 4) is 0 Å². The minimum Gasteiger partial charge on any atom is -0.312 e. The van der Waals surface area contributed by atoms with Gasteiger partial charge in [0.25, 0.3) is 0 Å². The Kier molecular flexibility index (Phi) is 5.34. The lowest BCUT2D eigenvalue weighted by molar-refractivity contribution is -0.143. The van der Waals surface area contributed by atoms with Crippen molar-refractivity contribution >= 4 is 35.2 Å². The predicted molar refractivity (Wildman–Crippen MR) is 96.1 cm³/mol. The average molecular weight is 371 g/mol. The minimum atomic E-state index is -0.977. The molecule has 2 fully saturated rings. The normalized spacial score (nSPS) is 17.4. The number of ketones is 1. The summed E-state index contributed by atoms with van der Waals surface area (Å²) < 4.78 is 0. The van der Waals surface area contributed by atoms with E-state index >= 15 is 0 Å². The molecule has 0 aromatic heterocycles. The number of urea groups is 1. The number of amides is 5. The molecule has 8 heteroatoms. The molecular formula is C19H21N3O5. The highest BCUT2D eigenvalue weighted by molar-refractivity contribution is 6.45. The Hall–Kier alpha value is -3.03. The zero-order chi connectivity index (χ0) is 19.6. The van der Waals surface area contributed by atoms with Crippen molar-refractivity contribution in [2.45, 2.75) is 32.6 Å². The van der Waals surface area contributed by atoms with Crippen LogP contribution in [0.3, 0.4) is 0 Å². The lowest BCUT2D eigenvalue weighted by Crippen LogP contribution is -2.37. The van der Waals surface area contributed by atoms with Gasteiger partial charge in [-0.3, -0.25) is 24.1 Å². The van der Waals surface area contributed by atoms with Gasteiger partial charge >= 0.3 is 17.8 Å². The minimum absolute atomic E-state index is 0.00154. The predicted octanol–water partition coefficient (Wildman–Crippen LogP) is 1.59. The summed E-state index contributed by atoms with van der Waals surface area (Å²) in [5, 5.41) is 0. The van der Waals surface area contributed by atoms with E-state index in [4.69, 9.17) is 0 Å². The summed E-state index contributed by atoms with van der Waals surface area (Å²) in [5.41, 5.74) is 0.898. The van der Waals surface area contributed by atoms with Gasteiger partial charge < -0.3 is 4.90 Å². The molecule has 2 saturated heterocycles. The highest BCUT2D eigenvalue weighted by Gasteiger charge is 2.44. The molecule has 0 N–H and O–H groups in total. The summed E-state index contributed by atoms with van der Waals surface area (Å²) in [6.45, 7) is 2.17. The zero-order valence-electron chi connectivity index (χ0n) is 15.1. The van der Waals surface area contributed by atoms with E-state index in [9.17, 15) is 24.0 Å².